The zero-order valence-corrected chi connectivity index (χ0v) is 12.9. The van der Waals surface area contributed by atoms with Crippen molar-refractivity contribution in [2.24, 2.45) is 12.0 Å². The minimum atomic E-state index is 0.874. The summed E-state index contributed by atoms with van der Waals surface area (Å²) in [5.41, 5.74) is 3.70. The van der Waals surface area contributed by atoms with E-state index in [2.05, 4.69) is 41.5 Å². The van der Waals surface area contributed by atoms with Gasteiger partial charge in [0.1, 0.15) is 0 Å². The van der Waals surface area contributed by atoms with Crippen molar-refractivity contribution in [2.45, 2.75) is 40.0 Å². The zero-order valence-electron chi connectivity index (χ0n) is 12.9. The van der Waals surface area contributed by atoms with E-state index < -0.39 is 0 Å². The third kappa shape index (κ3) is 4.58. The lowest BCUT2D eigenvalue weighted by molar-refractivity contribution is 0.722. The van der Waals surface area contributed by atoms with E-state index in [-0.39, 0.29) is 0 Å². The molecule has 1 heterocycles. The number of aryl methyl sites for hydroxylation is 2. The standard InChI is InChI=1S/C14H27N5/c1-6-7-9-16-14(15-4)17-10-8-13-11(2)18-19(5)12(13)3/h6-10H2,1-5H3,(H2,15,16,17). The van der Waals surface area contributed by atoms with Crippen molar-refractivity contribution >= 4 is 5.96 Å². The van der Waals surface area contributed by atoms with E-state index in [0.29, 0.717) is 0 Å². The van der Waals surface area contributed by atoms with E-state index in [9.17, 15) is 0 Å². The van der Waals surface area contributed by atoms with Crippen LogP contribution in [0.25, 0.3) is 0 Å². The van der Waals surface area contributed by atoms with Gasteiger partial charge in [0.25, 0.3) is 0 Å². The third-order valence-electron chi connectivity index (χ3n) is 3.37. The van der Waals surface area contributed by atoms with Gasteiger partial charge in [-0.15, -0.1) is 0 Å². The predicted molar refractivity (Wildman–Crippen MR) is 80.7 cm³/mol. The molecule has 0 saturated carbocycles. The summed E-state index contributed by atoms with van der Waals surface area (Å²) in [5.74, 6) is 0.882. The van der Waals surface area contributed by atoms with Crippen LogP contribution in [0.3, 0.4) is 0 Å². The topological polar surface area (TPSA) is 54.2 Å². The van der Waals surface area contributed by atoms with Gasteiger partial charge in [0.15, 0.2) is 5.96 Å². The Morgan fingerprint density at radius 1 is 1.26 bits per heavy atom. The number of aromatic nitrogens is 2. The summed E-state index contributed by atoms with van der Waals surface area (Å²) >= 11 is 0. The first kappa shape index (κ1) is 15.5. The fourth-order valence-electron chi connectivity index (χ4n) is 2.09. The average Bonchev–Trinajstić information content (AvgIpc) is 2.63. The number of unbranched alkanes of at least 4 members (excludes halogenated alkanes) is 1. The lowest BCUT2D eigenvalue weighted by Crippen LogP contribution is -2.38. The Bertz CT molecular complexity index is 420. The van der Waals surface area contributed by atoms with E-state index in [4.69, 9.17) is 0 Å². The summed E-state index contributed by atoms with van der Waals surface area (Å²) in [4.78, 5) is 4.21. The molecule has 5 heteroatoms. The highest BCUT2D eigenvalue weighted by atomic mass is 15.3. The Balaban J connectivity index is 2.40. The van der Waals surface area contributed by atoms with Crippen LogP contribution in [0.15, 0.2) is 4.99 Å². The van der Waals surface area contributed by atoms with Gasteiger partial charge in [0.2, 0.25) is 0 Å². The number of rotatable bonds is 6. The normalized spacial score (nSPS) is 11.7. The van der Waals surface area contributed by atoms with Gasteiger partial charge in [-0.1, -0.05) is 13.3 Å². The van der Waals surface area contributed by atoms with E-state index in [1.165, 1.54) is 24.1 Å². The quantitative estimate of drug-likeness (QED) is 0.466. The van der Waals surface area contributed by atoms with Gasteiger partial charge in [0.05, 0.1) is 5.69 Å². The van der Waals surface area contributed by atoms with Crippen LogP contribution in [-0.2, 0) is 13.5 Å². The van der Waals surface area contributed by atoms with Crippen LogP contribution >= 0.6 is 0 Å². The molecule has 19 heavy (non-hydrogen) atoms. The molecule has 0 saturated heterocycles. The van der Waals surface area contributed by atoms with Crippen LogP contribution in [0.4, 0.5) is 0 Å². The van der Waals surface area contributed by atoms with Crippen molar-refractivity contribution in [3.63, 3.8) is 0 Å². The van der Waals surface area contributed by atoms with Crippen LogP contribution in [0, 0.1) is 13.8 Å². The number of hydrogen-bond donors (Lipinski definition) is 2. The number of aliphatic imine (C=N–C) groups is 1. The summed E-state index contributed by atoms with van der Waals surface area (Å²) in [7, 11) is 3.80. The van der Waals surface area contributed by atoms with Crippen LogP contribution in [0.2, 0.25) is 0 Å². The molecule has 0 atom stereocenters. The minimum absolute atomic E-state index is 0.874. The Morgan fingerprint density at radius 2 is 1.95 bits per heavy atom. The molecule has 0 amide bonds. The summed E-state index contributed by atoms with van der Waals surface area (Å²) in [6.45, 7) is 8.21. The number of nitrogens with one attached hydrogen (secondary N) is 2. The lowest BCUT2D eigenvalue weighted by atomic mass is 10.1. The number of hydrogen-bond acceptors (Lipinski definition) is 2. The summed E-state index contributed by atoms with van der Waals surface area (Å²) in [6.07, 6.45) is 3.33. The average molecular weight is 265 g/mol. The molecular weight excluding hydrogens is 238 g/mol. The molecule has 0 fully saturated rings. The Morgan fingerprint density at radius 3 is 2.47 bits per heavy atom. The Kier molecular flexibility index (Phi) is 6.39. The zero-order chi connectivity index (χ0) is 14.3. The van der Waals surface area contributed by atoms with Crippen molar-refractivity contribution in [3.05, 3.63) is 17.0 Å². The Hall–Kier alpha value is -1.52. The molecule has 1 aromatic heterocycles. The van der Waals surface area contributed by atoms with Gasteiger partial charge in [-0.3, -0.25) is 9.67 Å². The fraction of sp³-hybridized carbons (Fsp3) is 0.714. The molecule has 5 nitrogen and oxygen atoms in total. The van der Waals surface area contributed by atoms with Crippen LogP contribution < -0.4 is 10.6 Å². The summed E-state index contributed by atoms with van der Waals surface area (Å²) in [6, 6.07) is 0. The molecule has 1 rings (SSSR count). The SMILES string of the molecule is CCCCNC(=NC)NCCc1c(C)nn(C)c1C. The second-order valence-corrected chi connectivity index (χ2v) is 4.80. The highest BCUT2D eigenvalue weighted by Crippen LogP contribution is 2.11. The molecule has 0 aliphatic rings. The van der Waals surface area contributed by atoms with Gasteiger partial charge in [0, 0.05) is 32.9 Å². The van der Waals surface area contributed by atoms with Crippen molar-refractivity contribution < 1.29 is 0 Å². The largest absolute Gasteiger partial charge is 0.356 e. The van der Waals surface area contributed by atoms with Crippen molar-refractivity contribution in [1.82, 2.24) is 20.4 Å². The molecule has 0 aliphatic carbocycles. The van der Waals surface area contributed by atoms with Crippen LogP contribution in [0.5, 0.6) is 0 Å². The molecule has 1 aromatic rings. The van der Waals surface area contributed by atoms with Gasteiger partial charge >= 0.3 is 0 Å². The second kappa shape index (κ2) is 7.81. The molecule has 0 aliphatic heterocycles. The molecule has 0 unspecified atom stereocenters. The van der Waals surface area contributed by atoms with E-state index in [0.717, 1.165) is 31.2 Å². The molecule has 0 aromatic carbocycles. The number of nitrogens with zero attached hydrogens (tertiary/aromatic N) is 3. The van der Waals surface area contributed by atoms with Gasteiger partial charge in [-0.05, 0) is 32.3 Å². The smallest absolute Gasteiger partial charge is 0.190 e. The molecular formula is C14H27N5. The number of guanidine groups is 1. The van der Waals surface area contributed by atoms with E-state index >= 15 is 0 Å². The highest BCUT2D eigenvalue weighted by Gasteiger charge is 2.08. The van der Waals surface area contributed by atoms with Crippen molar-refractivity contribution in [3.8, 4) is 0 Å². The maximum atomic E-state index is 4.43. The van der Waals surface area contributed by atoms with Crippen molar-refractivity contribution in [2.75, 3.05) is 20.1 Å². The monoisotopic (exact) mass is 265 g/mol. The molecule has 108 valence electrons. The third-order valence-corrected chi connectivity index (χ3v) is 3.37. The Labute approximate surface area is 116 Å². The van der Waals surface area contributed by atoms with E-state index in [1.807, 2.05) is 18.8 Å². The maximum Gasteiger partial charge on any atom is 0.190 e. The van der Waals surface area contributed by atoms with Gasteiger partial charge in [-0.2, -0.15) is 5.10 Å². The van der Waals surface area contributed by atoms with Gasteiger partial charge < -0.3 is 10.6 Å². The summed E-state index contributed by atoms with van der Waals surface area (Å²) < 4.78 is 1.94. The summed E-state index contributed by atoms with van der Waals surface area (Å²) in [5, 5.41) is 11.1. The van der Waals surface area contributed by atoms with Crippen LogP contribution in [-0.4, -0.2) is 35.9 Å². The van der Waals surface area contributed by atoms with Crippen molar-refractivity contribution in [1.29, 1.82) is 0 Å². The molecule has 2 N–H and O–H groups in total. The predicted octanol–water partition coefficient (Wildman–Crippen LogP) is 1.54. The first-order valence-electron chi connectivity index (χ1n) is 7.03. The van der Waals surface area contributed by atoms with Crippen LogP contribution in [0.1, 0.15) is 36.7 Å². The maximum absolute atomic E-state index is 4.43. The first-order chi connectivity index (χ1) is 9.10. The highest BCUT2D eigenvalue weighted by molar-refractivity contribution is 5.79. The minimum Gasteiger partial charge on any atom is -0.356 e. The lowest BCUT2D eigenvalue weighted by Gasteiger charge is -2.11. The van der Waals surface area contributed by atoms with E-state index in [1.54, 1.807) is 0 Å². The molecule has 0 bridgehead atoms. The van der Waals surface area contributed by atoms with Gasteiger partial charge in [-0.25, -0.2) is 0 Å². The first-order valence-corrected chi connectivity index (χ1v) is 7.03. The fourth-order valence-corrected chi connectivity index (χ4v) is 2.09. The second-order valence-electron chi connectivity index (χ2n) is 4.80. The molecule has 0 spiro atoms. The molecule has 0 radical (unpaired) electrons.